The second-order valence-corrected chi connectivity index (χ2v) is 6.90. The topological polar surface area (TPSA) is 49.9 Å². The first kappa shape index (κ1) is 19.1. The van der Waals surface area contributed by atoms with Crippen molar-refractivity contribution in [2.24, 2.45) is 0 Å². The van der Waals surface area contributed by atoms with Gasteiger partial charge in [0.1, 0.15) is 5.75 Å². The molecule has 1 aliphatic heterocycles. The zero-order chi connectivity index (χ0) is 19.2. The smallest absolute Gasteiger partial charge is 0.223 e. The third kappa shape index (κ3) is 4.74. The second kappa shape index (κ2) is 8.82. The number of hydrogen-bond acceptors (Lipinski definition) is 4. The number of benzene rings is 2. The normalized spacial score (nSPS) is 17.6. The van der Waals surface area contributed by atoms with Crippen LogP contribution in [0.1, 0.15) is 34.8 Å². The number of methoxy groups -OCH3 is 1. The predicted molar refractivity (Wildman–Crippen MR) is 105 cm³/mol. The van der Waals surface area contributed by atoms with Crippen LogP contribution in [0.2, 0.25) is 0 Å². The Morgan fingerprint density at radius 3 is 2.37 bits per heavy atom. The van der Waals surface area contributed by atoms with Crippen LogP contribution in [0.25, 0.3) is 0 Å². The average molecular weight is 366 g/mol. The molecule has 1 saturated heterocycles. The summed E-state index contributed by atoms with van der Waals surface area (Å²) in [6.07, 6.45) is 0.476. The molecule has 0 N–H and O–H groups in total. The molecule has 0 aliphatic carbocycles. The Labute approximate surface area is 160 Å². The number of Topliss-reactive ketones (excluding diaryl/α,β-unsaturated/α-hetero) is 1. The van der Waals surface area contributed by atoms with E-state index in [4.69, 9.17) is 4.74 Å². The van der Waals surface area contributed by atoms with Crippen LogP contribution < -0.4 is 4.74 Å². The Hall–Kier alpha value is -2.66. The van der Waals surface area contributed by atoms with Gasteiger partial charge in [-0.2, -0.15) is 0 Å². The number of likely N-dealkylation sites (N-methyl/N-ethyl adjacent to an activating group) is 1. The van der Waals surface area contributed by atoms with E-state index in [0.717, 1.165) is 6.54 Å². The monoisotopic (exact) mass is 366 g/mol. The van der Waals surface area contributed by atoms with Gasteiger partial charge in [0.15, 0.2) is 5.78 Å². The van der Waals surface area contributed by atoms with Gasteiger partial charge in [-0.05, 0) is 36.9 Å². The molecule has 1 heterocycles. The summed E-state index contributed by atoms with van der Waals surface area (Å²) in [6.45, 7) is 2.20. The number of ketones is 1. The van der Waals surface area contributed by atoms with Gasteiger partial charge in [0.2, 0.25) is 5.91 Å². The number of piperazine rings is 1. The van der Waals surface area contributed by atoms with Crippen molar-refractivity contribution < 1.29 is 14.3 Å². The van der Waals surface area contributed by atoms with Crippen LogP contribution in [0.3, 0.4) is 0 Å². The zero-order valence-electron chi connectivity index (χ0n) is 15.9. The van der Waals surface area contributed by atoms with Gasteiger partial charge in [-0.25, -0.2) is 0 Å². The highest BCUT2D eigenvalue weighted by atomic mass is 16.5. The fourth-order valence-electron chi connectivity index (χ4n) is 3.44. The molecule has 2 aromatic carbocycles. The van der Waals surface area contributed by atoms with Gasteiger partial charge in [0.05, 0.1) is 13.2 Å². The second-order valence-electron chi connectivity index (χ2n) is 6.90. The molecule has 1 unspecified atom stereocenters. The third-order valence-electron chi connectivity index (χ3n) is 5.16. The first-order valence-electron chi connectivity index (χ1n) is 9.28. The number of hydrogen-bond donors (Lipinski definition) is 0. The molecule has 142 valence electrons. The van der Waals surface area contributed by atoms with Crippen molar-refractivity contribution in [2.45, 2.75) is 18.9 Å². The maximum Gasteiger partial charge on any atom is 0.223 e. The van der Waals surface area contributed by atoms with Crippen LogP contribution in [-0.4, -0.2) is 55.3 Å². The van der Waals surface area contributed by atoms with E-state index >= 15 is 0 Å². The quantitative estimate of drug-likeness (QED) is 0.737. The molecule has 0 spiro atoms. The van der Waals surface area contributed by atoms with Gasteiger partial charge in [-0.3, -0.25) is 14.5 Å². The highest BCUT2D eigenvalue weighted by molar-refractivity contribution is 5.98. The Kier molecular flexibility index (Phi) is 6.24. The summed E-state index contributed by atoms with van der Waals surface area (Å²) in [5.41, 5.74) is 1.83. The van der Waals surface area contributed by atoms with Gasteiger partial charge in [-0.15, -0.1) is 0 Å². The van der Waals surface area contributed by atoms with Crippen molar-refractivity contribution in [3.8, 4) is 5.75 Å². The number of carbonyl (C=O) groups is 2. The summed E-state index contributed by atoms with van der Waals surface area (Å²) in [6, 6.07) is 17.5. The molecular formula is C22H26N2O3. The average Bonchev–Trinajstić information content (AvgIpc) is 2.72. The van der Waals surface area contributed by atoms with Crippen molar-refractivity contribution in [1.29, 1.82) is 0 Å². The number of nitrogens with zero attached hydrogens (tertiary/aromatic N) is 2. The van der Waals surface area contributed by atoms with Gasteiger partial charge >= 0.3 is 0 Å². The molecule has 1 aliphatic rings. The summed E-state index contributed by atoms with van der Waals surface area (Å²) < 4.78 is 5.11. The molecule has 2 aromatic rings. The van der Waals surface area contributed by atoms with E-state index in [0.29, 0.717) is 24.4 Å². The van der Waals surface area contributed by atoms with Crippen LogP contribution in [0.4, 0.5) is 0 Å². The lowest BCUT2D eigenvalue weighted by atomic mass is 10.0. The van der Waals surface area contributed by atoms with Crippen molar-refractivity contribution in [3.63, 3.8) is 0 Å². The number of rotatable bonds is 6. The van der Waals surface area contributed by atoms with E-state index < -0.39 is 0 Å². The van der Waals surface area contributed by atoms with Gasteiger partial charge in [0.25, 0.3) is 0 Å². The minimum absolute atomic E-state index is 0.0141. The molecule has 0 radical (unpaired) electrons. The van der Waals surface area contributed by atoms with Crippen LogP contribution in [0.5, 0.6) is 5.75 Å². The summed E-state index contributed by atoms with van der Waals surface area (Å²) in [7, 11) is 3.68. The zero-order valence-corrected chi connectivity index (χ0v) is 15.9. The van der Waals surface area contributed by atoms with E-state index in [1.807, 2.05) is 23.1 Å². The highest BCUT2D eigenvalue weighted by Crippen LogP contribution is 2.24. The lowest BCUT2D eigenvalue weighted by molar-refractivity contribution is -0.134. The first-order valence-corrected chi connectivity index (χ1v) is 9.28. The lowest BCUT2D eigenvalue weighted by Gasteiger charge is -2.39. The van der Waals surface area contributed by atoms with E-state index in [2.05, 4.69) is 24.1 Å². The predicted octanol–water partition coefficient (Wildman–Crippen LogP) is 3.17. The van der Waals surface area contributed by atoms with E-state index in [1.54, 1.807) is 31.4 Å². The van der Waals surface area contributed by atoms with E-state index in [1.165, 1.54) is 5.56 Å². The molecule has 27 heavy (non-hydrogen) atoms. The third-order valence-corrected chi connectivity index (χ3v) is 5.16. The van der Waals surface area contributed by atoms with Gasteiger partial charge < -0.3 is 9.64 Å². The van der Waals surface area contributed by atoms with Crippen LogP contribution >= 0.6 is 0 Å². The Morgan fingerprint density at radius 1 is 1.00 bits per heavy atom. The molecule has 0 saturated carbocycles. The Bertz CT molecular complexity index is 774. The first-order chi connectivity index (χ1) is 13.1. The summed E-state index contributed by atoms with van der Waals surface area (Å²) in [5.74, 6) is 0.748. The van der Waals surface area contributed by atoms with Gasteiger partial charge in [-0.1, -0.05) is 30.3 Å². The SMILES string of the molecule is COc1ccc(C(=O)CCC(=O)N2CCN(C)C(c3ccccc3)C2)cc1. The molecule has 1 fully saturated rings. The van der Waals surface area contributed by atoms with Gasteiger partial charge in [0, 0.05) is 38.0 Å². The Balaban J connectivity index is 1.56. The Morgan fingerprint density at radius 2 is 1.70 bits per heavy atom. The minimum Gasteiger partial charge on any atom is -0.497 e. The van der Waals surface area contributed by atoms with Crippen LogP contribution in [0, 0.1) is 0 Å². The summed E-state index contributed by atoms with van der Waals surface area (Å²) >= 11 is 0. The number of amides is 1. The molecule has 5 heteroatoms. The fraction of sp³-hybridized carbons (Fsp3) is 0.364. The molecule has 0 aromatic heterocycles. The summed E-state index contributed by atoms with van der Waals surface area (Å²) in [5, 5.41) is 0. The molecule has 1 amide bonds. The molecule has 0 bridgehead atoms. The highest BCUT2D eigenvalue weighted by Gasteiger charge is 2.28. The molecular weight excluding hydrogens is 340 g/mol. The molecule has 5 nitrogen and oxygen atoms in total. The summed E-state index contributed by atoms with van der Waals surface area (Å²) in [4.78, 5) is 29.2. The molecule has 1 atom stereocenters. The fourth-order valence-corrected chi connectivity index (χ4v) is 3.44. The van der Waals surface area contributed by atoms with Crippen LogP contribution in [0.15, 0.2) is 54.6 Å². The van der Waals surface area contributed by atoms with Crippen molar-refractivity contribution in [3.05, 3.63) is 65.7 Å². The van der Waals surface area contributed by atoms with Crippen molar-refractivity contribution >= 4 is 11.7 Å². The number of ether oxygens (including phenoxy) is 1. The number of carbonyl (C=O) groups excluding carboxylic acids is 2. The lowest BCUT2D eigenvalue weighted by Crippen LogP contribution is -2.49. The van der Waals surface area contributed by atoms with E-state index in [9.17, 15) is 9.59 Å². The van der Waals surface area contributed by atoms with Crippen LogP contribution in [-0.2, 0) is 4.79 Å². The van der Waals surface area contributed by atoms with E-state index in [-0.39, 0.29) is 30.6 Å². The maximum absolute atomic E-state index is 12.7. The molecule has 3 rings (SSSR count). The van der Waals surface area contributed by atoms with Crippen molar-refractivity contribution in [2.75, 3.05) is 33.8 Å². The minimum atomic E-state index is -0.0141. The largest absolute Gasteiger partial charge is 0.497 e. The standard InChI is InChI=1S/C22H26N2O3/c1-23-14-15-24(16-20(23)17-6-4-3-5-7-17)22(26)13-12-21(25)18-8-10-19(27-2)11-9-18/h3-11,20H,12-16H2,1-2H3. The van der Waals surface area contributed by atoms with Crippen molar-refractivity contribution in [1.82, 2.24) is 9.80 Å². The maximum atomic E-state index is 12.7.